The molecular formula is C30H31FN4O2. The number of carbonyl (C=O) groups excluding carboxylic acids is 1. The summed E-state index contributed by atoms with van der Waals surface area (Å²) < 4.78 is 22.7. The molecule has 1 aliphatic heterocycles. The molecule has 7 heteroatoms. The van der Waals surface area contributed by atoms with Crippen LogP contribution in [-0.4, -0.2) is 31.7 Å². The second-order valence-corrected chi connectivity index (χ2v) is 9.44. The molecule has 0 aliphatic carbocycles. The third kappa shape index (κ3) is 4.50. The average molecular weight is 499 g/mol. The number of fused-ring (bicyclic) bond motifs is 1. The van der Waals surface area contributed by atoms with E-state index in [9.17, 15) is 9.18 Å². The first-order valence-corrected chi connectivity index (χ1v) is 12.8. The quantitative estimate of drug-likeness (QED) is 0.276. The van der Waals surface area contributed by atoms with Gasteiger partial charge in [-0.15, -0.1) is 0 Å². The Morgan fingerprint density at radius 2 is 1.97 bits per heavy atom. The summed E-state index contributed by atoms with van der Waals surface area (Å²) >= 11 is 0. The van der Waals surface area contributed by atoms with Crippen molar-refractivity contribution in [2.45, 2.75) is 52.5 Å². The number of halogens is 1. The topological polar surface area (TPSA) is 59.7 Å². The highest BCUT2D eigenvalue weighted by Crippen LogP contribution is 2.37. The number of carbonyl (C=O) groups is 1. The average Bonchev–Trinajstić information content (AvgIpc) is 3.34. The van der Waals surface area contributed by atoms with E-state index < -0.39 is 0 Å². The van der Waals surface area contributed by atoms with Crippen molar-refractivity contribution in [1.29, 1.82) is 0 Å². The Kier molecular flexibility index (Phi) is 6.78. The van der Waals surface area contributed by atoms with E-state index in [1.54, 1.807) is 18.2 Å². The third-order valence-corrected chi connectivity index (χ3v) is 7.08. The minimum atomic E-state index is -0.331. The van der Waals surface area contributed by atoms with Gasteiger partial charge in [-0.1, -0.05) is 25.6 Å². The maximum atomic E-state index is 14.7. The van der Waals surface area contributed by atoms with Crippen LogP contribution in [0.2, 0.25) is 0 Å². The van der Waals surface area contributed by atoms with Crippen LogP contribution in [0.3, 0.4) is 0 Å². The molecule has 5 rings (SSSR count). The van der Waals surface area contributed by atoms with Crippen molar-refractivity contribution in [2.75, 3.05) is 6.54 Å². The number of piperidine rings is 1. The fourth-order valence-electron chi connectivity index (χ4n) is 5.16. The molecule has 0 spiro atoms. The summed E-state index contributed by atoms with van der Waals surface area (Å²) in [4.78, 5) is 24.3. The third-order valence-electron chi connectivity index (χ3n) is 7.08. The maximum Gasteiger partial charge on any atom is 0.246 e. The monoisotopic (exact) mass is 498 g/mol. The van der Waals surface area contributed by atoms with Crippen molar-refractivity contribution in [1.82, 2.24) is 19.3 Å². The van der Waals surface area contributed by atoms with Gasteiger partial charge in [-0.25, -0.2) is 9.37 Å². The number of nitrogens with zero attached hydrogens (tertiary/aromatic N) is 4. The molecule has 4 aromatic rings. The molecule has 0 unspecified atom stereocenters. The molecule has 3 heterocycles. The zero-order chi connectivity index (χ0) is 26.1. The summed E-state index contributed by atoms with van der Waals surface area (Å²) in [5, 5.41) is 0. The van der Waals surface area contributed by atoms with Crippen molar-refractivity contribution < 1.29 is 13.9 Å². The second-order valence-electron chi connectivity index (χ2n) is 9.44. The van der Waals surface area contributed by atoms with E-state index in [2.05, 4.69) is 16.0 Å². The molecule has 1 atom stereocenters. The first-order chi connectivity index (χ1) is 17.9. The Bertz CT molecular complexity index is 1480. The van der Waals surface area contributed by atoms with Gasteiger partial charge in [0.1, 0.15) is 11.6 Å². The Morgan fingerprint density at radius 3 is 2.70 bits per heavy atom. The van der Waals surface area contributed by atoms with Crippen molar-refractivity contribution in [2.24, 2.45) is 0 Å². The molecule has 1 saturated heterocycles. The second kappa shape index (κ2) is 10.2. The van der Waals surface area contributed by atoms with E-state index in [4.69, 9.17) is 9.72 Å². The molecule has 1 amide bonds. The summed E-state index contributed by atoms with van der Waals surface area (Å²) in [5.74, 6) is 1.18. The predicted molar refractivity (Wildman–Crippen MR) is 142 cm³/mol. The lowest BCUT2D eigenvalue weighted by Gasteiger charge is -2.34. The van der Waals surface area contributed by atoms with E-state index in [1.165, 1.54) is 6.08 Å². The van der Waals surface area contributed by atoms with Gasteiger partial charge in [0.25, 0.3) is 0 Å². The molecule has 0 radical (unpaired) electrons. The SMILES string of the molecule is C=CC(=O)N1CCCC[C@H]1c1nc(-c2ccc(Oc3cccc(CC)c3F)cc2)c2c(C)ncc(C)n12. The number of hydrogen-bond donors (Lipinski definition) is 0. The zero-order valence-electron chi connectivity index (χ0n) is 21.5. The number of aromatic nitrogens is 3. The van der Waals surface area contributed by atoms with Crippen LogP contribution in [0.15, 0.2) is 61.3 Å². The molecule has 1 fully saturated rings. The molecule has 0 saturated carbocycles. The maximum absolute atomic E-state index is 14.7. The van der Waals surface area contributed by atoms with Crippen LogP contribution in [0.1, 0.15) is 55.0 Å². The summed E-state index contributed by atoms with van der Waals surface area (Å²) in [7, 11) is 0. The molecule has 37 heavy (non-hydrogen) atoms. The predicted octanol–water partition coefficient (Wildman–Crippen LogP) is 6.75. The number of ether oxygens (including phenoxy) is 1. The van der Waals surface area contributed by atoms with Crippen molar-refractivity contribution in [3.63, 3.8) is 0 Å². The number of benzene rings is 2. The minimum absolute atomic E-state index is 0.0766. The van der Waals surface area contributed by atoms with Gasteiger partial charge in [0, 0.05) is 24.0 Å². The lowest BCUT2D eigenvalue weighted by Crippen LogP contribution is -2.38. The van der Waals surface area contributed by atoms with Gasteiger partial charge in [-0.05, 0) is 81.5 Å². The number of rotatable bonds is 6. The molecule has 0 bridgehead atoms. The van der Waals surface area contributed by atoms with Crippen molar-refractivity contribution >= 4 is 11.4 Å². The molecule has 190 valence electrons. The standard InChI is InChI=1S/C30H31FN4O2/c1-5-21-10-9-12-25(27(21)31)37-23-15-13-22(14-16-23)28-29-20(4)32-18-19(3)35(29)30(33-28)24-11-7-8-17-34(24)26(36)6-2/h6,9-10,12-16,18,24H,2,5,7-8,11,17H2,1,3-4H3/t24-/m0/s1. The number of amides is 1. The first-order valence-electron chi connectivity index (χ1n) is 12.8. The van der Waals surface area contributed by atoms with Crippen molar-refractivity contribution in [3.05, 3.63) is 89.9 Å². The smallest absolute Gasteiger partial charge is 0.246 e. The van der Waals surface area contributed by atoms with Crippen LogP contribution in [0.5, 0.6) is 11.5 Å². The fraction of sp³-hybridized carbons (Fsp3) is 0.300. The van der Waals surface area contributed by atoms with Gasteiger partial charge in [-0.3, -0.25) is 14.2 Å². The van der Waals surface area contributed by atoms with Crippen LogP contribution >= 0.6 is 0 Å². The summed E-state index contributed by atoms with van der Waals surface area (Å²) in [6.45, 7) is 10.3. The number of imidazole rings is 1. The number of hydrogen-bond acceptors (Lipinski definition) is 4. The van der Waals surface area contributed by atoms with Crippen LogP contribution in [0.25, 0.3) is 16.8 Å². The Balaban J connectivity index is 1.56. The van der Waals surface area contributed by atoms with Crippen molar-refractivity contribution in [3.8, 4) is 22.8 Å². The highest BCUT2D eigenvalue weighted by atomic mass is 19.1. The van der Waals surface area contributed by atoms with Gasteiger partial charge in [0.05, 0.1) is 22.9 Å². The van der Waals surface area contributed by atoms with Gasteiger partial charge in [0.2, 0.25) is 5.91 Å². The van der Waals surface area contributed by atoms with E-state index >= 15 is 0 Å². The minimum Gasteiger partial charge on any atom is -0.454 e. The molecule has 0 N–H and O–H groups in total. The fourth-order valence-corrected chi connectivity index (χ4v) is 5.16. The van der Waals surface area contributed by atoms with E-state index in [0.29, 0.717) is 24.3 Å². The van der Waals surface area contributed by atoms with Crippen LogP contribution in [0, 0.1) is 19.7 Å². The number of aryl methyl sites for hydroxylation is 3. The normalized spacial score (nSPS) is 15.7. The Morgan fingerprint density at radius 1 is 1.19 bits per heavy atom. The number of likely N-dealkylation sites (tertiary alicyclic amines) is 1. The van der Waals surface area contributed by atoms with Gasteiger partial charge >= 0.3 is 0 Å². The largest absolute Gasteiger partial charge is 0.454 e. The van der Waals surface area contributed by atoms with Gasteiger partial charge in [0.15, 0.2) is 11.6 Å². The van der Waals surface area contributed by atoms with Crippen LogP contribution in [0.4, 0.5) is 4.39 Å². The van der Waals surface area contributed by atoms with E-state index in [1.807, 2.05) is 56.1 Å². The Labute approximate surface area is 216 Å². The van der Waals surface area contributed by atoms with E-state index in [0.717, 1.165) is 53.2 Å². The molecule has 2 aromatic heterocycles. The lowest BCUT2D eigenvalue weighted by atomic mass is 10.0. The van der Waals surface area contributed by atoms with Gasteiger partial charge < -0.3 is 9.64 Å². The van der Waals surface area contributed by atoms with E-state index in [-0.39, 0.29) is 23.5 Å². The zero-order valence-corrected chi connectivity index (χ0v) is 21.5. The van der Waals surface area contributed by atoms with Gasteiger partial charge in [-0.2, -0.15) is 0 Å². The van der Waals surface area contributed by atoms with Crippen LogP contribution in [-0.2, 0) is 11.2 Å². The Hall–Kier alpha value is -4.00. The molecule has 1 aliphatic rings. The molecule has 6 nitrogen and oxygen atoms in total. The highest BCUT2D eigenvalue weighted by Gasteiger charge is 2.32. The summed E-state index contributed by atoms with van der Waals surface area (Å²) in [6, 6.07) is 12.6. The highest BCUT2D eigenvalue weighted by molar-refractivity contribution is 5.87. The summed E-state index contributed by atoms with van der Waals surface area (Å²) in [5.41, 5.74) is 5.04. The molecular weight excluding hydrogens is 467 g/mol. The lowest BCUT2D eigenvalue weighted by molar-refractivity contribution is -0.129. The molecule has 2 aromatic carbocycles. The van der Waals surface area contributed by atoms with Crippen LogP contribution < -0.4 is 4.74 Å². The summed E-state index contributed by atoms with van der Waals surface area (Å²) in [6.07, 6.45) is 6.66. The first kappa shape index (κ1) is 24.7.